The van der Waals surface area contributed by atoms with Crippen molar-refractivity contribution in [2.75, 3.05) is 0 Å². The lowest BCUT2D eigenvalue weighted by atomic mass is 10.1. The van der Waals surface area contributed by atoms with Crippen LogP contribution in [0.5, 0.6) is 0 Å². The van der Waals surface area contributed by atoms with Crippen molar-refractivity contribution in [2.24, 2.45) is 0 Å². The maximum atomic E-state index is 11.8. The van der Waals surface area contributed by atoms with E-state index >= 15 is 0 Å². The van der Waals surface area contributed by atoms with E-state index in [1.807, 2.05) is 30.3 Å². The summed E-state index contributed by atoms with van der Waals surface area (Å²) in [4.78, 5) is 22.3. The summed E-state index contributed by atoms with van der Waals surface area (Å²) in [5, 5.41) is 18.9. The average Bonchev–Trinajstić information content (AvgIpc) is 3.01. The minimum Gasteiger partial charge on any atom is -0.293 e. The summed E-state index contributed by atoms with van der Waals surface area (Å²) < 4.78 is 1.44. The number of non-ortho nitro benzene ring substituents is 1. The first kappa shape index (κ1) is 14.6. The van der Waals surface area contributed by atoms with Crippen molar-refractivity contribution in [3.05, 3.63) is 70.4 Å². The monoisotopic (exact) mass is 308 g/mol. The number of carbonyl (C=O) groups is 1. The largest absolute Gasteiger partial charge is 0.293 e. The Hall–Kier alpha value is -3.35. The van der Waals surface area contributed by atoms with Gasteiger partial charge >= 0.3 is 0 Å². The van der Waals surface area contributed by atoms with Gasteiger partial charge in [-0.15, -0.1) is 5.10 Å². The topological polar surface area (TPSA) is 90.9 Å². The molecule has 1 heterocycles. The fourth-order valence-electron chi connectivity index (χ4n) is 2.29. The van der Waals surface area contributed by atoms with E-state index in [2.05, 4.69) is 10.3 Å². The number of rotatable bonds is 4. The highest BCUT2D eigenvalue weighted by Crippen LogP contribution is 2.26. The van der Waals surface area contributed by atoms with E-state index in [4.69, 9.17) is 0 Å². The number of nitro groups is 1. The molecular formula is C16H12N4O3. The van der Waals surface area contributed by atoms with Gasteiger partial charge in [-0.2, -0.15) is 0 Å². The smallest absolute Gasteiger partial charge is 0.271 e. The highest BCUT2D eigenvalue weighted by Gasteiger charge is 2.20. The van der Waals surface area contributed by atoms with Crippen LogP contribution in [0.2, 0.25) is 0 Å². The molecule has 1 aromatic heterocycles. The SMILES string of the molecule is CC(=O)c1nnn(-c2cccc([N+](=O)[O-])c2)c1-c1ccccc1. The fraction of sp³-hybridized carbons (Fsp3) is 0.0625. The molecule has 0 bridgehead atoms. The quantitative estimate of drug-likeness (QED) is 0.419. The number of hydrogen-bond donors (Lipinski definition) is 0. The molecule has 0 amide bonds. The minimum atomic E-state index is -0.478. The maximum Gasteiger partial charge on any atom is 0.271 e. The Balaban J connectivity index is 2.23. The van der Waals surface area contributed by atoms with E-state index in [-0.39, 0.29) is 17.2 Å². The molecule has 7 heteroatoms. The van der Waals surface area contributed by atoms with Gasteiger partial charge in [-0.05, 0) is 6.07 Å². The van der Waals surface area contributed by atoms with Gasteiger partial charge in [-0.1, -0.05) is 41.6 Å². The Bertz CT molecular complexity index is 887. The molecule has 7 nitrogen and oxygen atoms in total. The number of ketones is 1. The molecule has 0 fully saturated rings. The predicted octanol–water partition coefficient (Wildman–Crippen LogP) is 3.05. The van der Waals surface area contributed by atoms with Crippen molar-refractivity contribution in [2.45, 2.75) is 6.92 Å². The number of benzene rings is 2. The molecule has 0 aliphatic rings. The third-order valence-corrected chi connectivity index (χ3v) is 3.34. The van der Waals surface area contributed by atoms with Crippen molar-refractivity contribution >= 4 is 11.5 Å². The molecule has 0 spiro atoms. The third kappa shape index (κ3) is 2.71. The summed E-state index contributed by atoms with van der Waals surface area (Å²) in [6, 6.07) is 15.2. The van der Waals surface area contributed by atoms with Crippen molar-refractivity contribution in [1.29, 1.82) is 0 Å². The second-order valence-electron chi connectivity index (χ2n) is 4.90. The van der Waals surface area contributed by atoms with E-state index in [0.717, 1.165) is 5.56 Å². The molecule has 114 valence electrons. The van der Waals surface area contributed by atoms with E-state index < -0.39 is 4.92 Å². The van der Waals surface area contributed by atoms with Crippen molar-refractivity contribution in [1.82, 2.24) is 15.0 Å². The molecule has 2 aromatic carbocycles. The highest BCUT2D eigenvalue weighted by atomic mass is 16.6. The van der Waals surface area contributed by atoms with Gasteiger partial charge in [-0.25, -0.2) is 4.68 Å². The lowest BCUT2D eigenvalue weighted by Crippen LogP contribution is -2.02. The molecule has 23 heavy (non-hydrogen) atoms. The van der Waals surface area contributed by atoms with E-state index in [0.29, 0.717) is 11.4 Å². The van der Waals surface area contributed by atoms with Gasteiger partial charge < -0.3 is 0 Å². The maximum absolute atomic E-state index is 11.8. The summed E-state index contributed by atoms with van der Waals surface area (Å²) in [5.41, 5.74) is 1.91. The molecule has 3 rings (SSSR count). The van der Waals surface area contributed by atoms with Gasteiger partial charge in [0.1, 0.15) is 5.69 Å². The number of aromatic nitrogens is 3. The van der Waals surface area contributed by atoms with Crippen LogP contribution in [0.4, 0.5) is 5.69 Å². The van der Waals surface area contributed by atoms with E-state index in [1.165, 1.54) is 23.7 Å². The Morgan fingerprint density at radius 2 is 1.87 bits per heavy atom. The Morgan fingerprint density at radius 3 is 2.52 bits per heavy atom. The van der Waals surface area contributed by atoms with Gasteiger partial charge in [0.15, 0.2) is 11.5 Å². The third-order valence-electron chi connectivity index (χ3n) is 3.34. The molecule has 0 aliphatic carbocycles. The number of hydrogen-bond acceptors (Lipinski definition) is 5. The van der Waals surface area contributed by atoms with E-state index in [1.54, 1.807) is 12.1 Å². The average molecular weight is 308 g/mol. The van der Waals surface area contributed by atoms with Crippen LogP contribution in [-0.2, 0) is 0 Å². The zero-order chi connectivity index (χ0) is 16.4. The normalized spacial score (nSPS) is 10.5. The first-order valence-electron chi connectivity index (χ1n) is 6.85. The second-order valence-corrected chi connectivity index (χ2v) is 4.90. The van der Waals surface area contributed by atoms with Crippen LogP contribution in [-0.4, -0.2) is 25.7 Å². The van der Waals surface area contributed by atoms with Crippen LogP contribution in [0.1, 0.15) is 17.4 Å². The number of nitrogens with zero attached hydrogens (tertiary/aromatic N) is 4. The summed E-state index contributed by atoms with van der Waals surface area (Å²) in [6.45, 7) is 1.41. The van der Waals surface area contributed by atoms with Crippen LogP contribution in [0, 0.1) is 10.1 Å². The zero-order valence-electron chi connectivity index (χ0n) is 12.2. The standard InChI is InChI=1S/C16H12N4O3/c1-11(21)15-16(12-6-3-2-4-7-12)19(18-17-15)13-8-5-9-14(10-13)20(22)23/h2-10H,1H3. The van der Waals surface area contributed by atoms with Crippen molar-refractivity contribution in [3.63, 3.8) is 0 Å². The van der Waals surface area contributed by atoms with Crippen LogP contribution in [0.15, 0.2) is 54.6 Å². The summed E-state index contributed by atoms with van der Waals surface area (Å²) in [7, 11) is 0. The van der Waals surface area contributed by atoms with Crippen LogP contribution in [0.3, 0.4) is 0 Å². The number of Topliss-reactive ketones (excluding diaryl/α,β-unsaturated/α-hetero) is 1. The van der Waals surface area contributed by atoms with Crippen LogP contribution in [0.25, 0.3) is 16.9 Å². The Labute approximate surface area is 131 Å². The van der Waals surface area contributed by atoms with Crippen LogP contribution < -0.4 is 0 Å². The molecule has 0 unspecified atom stereocenters. The Kier molecular flexibility index (Phi) is 3.68. The lowest BCUT2D eigenvalue weighted by molar-refractivity contribution is -0.384. The molecular weight excluding hydrogens is 296 g/mol. The van der Waals surface area contributed by atoms with Gasteiger partial charge in [0.05, 0.1) is 10.6 Å². The molecule has 0 atom stereocenters. The van der Waals surface area contributed by atoms with Gasteiger partial charge in [-0.3, -0.25) is 14.9 Å². The van der Waals surface area contributed by atoms with Crippen molar-refractivity contribution < 1.29 is 9.72 Å². The molecule has 3 aromatic rings. The van der Waals surface area contributed by atoms with Crippen LogP contribution >= 0.6 is 0 Å². The predicted molar refractivity (Wildman–Crippen MR) is 83.5 cm³/mol. The molecule has 0 radical (unpaired) electrons. The highest BCUT2D eigenvalue weighted by molar-refractivity contribution is 5.98. The summed E-state index contributed by atoms with van der Waals surface area (Å²) >= 11 is 0. The van der Waals surface area contributed by atoms with Gasteiger partial charge in [0.2, 0.25) is 0 Å². The molecule has 0 aliphatic heterocycles. The van der Waals surface area contributed by atoms with Crippen molar-refractivity contribution in [3.8, 4) is 16.9 Å². The number of carbonyl (C=O) groups excluding carboxylic acids is 1. The second kappa shape index (κ2) is 5.80. The minimum absolute atomic E-state index is 0.0543. The molecule has 0 saturated heterocycles. The van der Waals surface area contributed by atoms with Gasteiger partial charge in [0.25, 0.3) is 5.69 Å². The first-order chi connectivity index (χ1) is 11.1. The first-order valence-corrected chi connectivity index (χ1v) is 6.85. The summed E-state index contributed by atoms with van der Waals surface area (Å²) in [6.07, 6.45) is 0. The zero-order valence-corrected chi connectivity index (χ0v) is 12.2. The Morgan fingerprint density at radius 1 is 1.13 bits per heavy atom. The van der Waals surface area contributed by atoms with E-state index in [9.17, 15) is 14.9 Å². The summed E-state index contributed by atoms with van der Waals surface area (Å²) in [5.74, 6) is -0.222. The lowest BCUT2D eigenvalue weighted by Gasteiger charge is -2.07. The van der Waals surface area contributed by atoms with Gasteiger partial charge in [0, 0.05) is 24.6 Å². The molecule has 0 saturated carbocycles. The fourth-order valence-corrected chi connectivity index (χ4v) is 2.29. The molecule has 0 N–H and O–H groups in total. The number of nitro benzene ring substituents is 1.